The molecule has 0 bridgehead atoms. The molecule has 0 aliphatic heterocycles. The average Bonchev–Trinajstić information content (AvgIpc) is 3.06. The Morgan fingerprint density at radius 2 is 1.97 bits per heavy atom. The first-order valence-corrected chi connectivity index (χ1v) is 9.99. The summed E-state index contributed by atoms with van der Waals surface area (Å²) in [4.78, 5) is 16.3. The first-order valence-electron chi connectivity index (χ1n) is 9.99. The Bertz CT molecular complexity index is 965. The summed E-state index contributed by atoms with van der Waals surface area (Å²) in [5.74, 6) is 1.84. The quantitative estimate of drug-likeness (QED) is 0.534. The topological polar surface area (TPSA) is 65.4 Å². The lowest BCUT2D eigenvalue weighted by molar-refractivity contribution is -0.124. The van der Waals surface area contributed by atoms with Gasteiger partial charge >= 0.3 is 0 Å². The van der Waals surface area contributed by atoms with Gasteiger partial charge in [0.2, 0.25) is 5.91 Å². The third-order valence-corrected chi connectivity index (χ3v) is 5.04. The minimum Gasteiger partial charge on any atom is -0.491 e. The molecule has 0 fully saturated rings. The second-order valence-electron chi connectivity index (χ2n) is 7.10. The second kappa shape index (κ2) is 10.1. The number of rotatable bonds is 10. The largest absolute Gasteiger partial charge is 0.491 e. The molecule has 0 spiro atoms. The lowest BCUT2D eigenvalue weighted by atomic mass is 10.1. The van der Waals surface area contributed by atoms with Crippen LogP contribution in [0.15, 0.2) is 42.5 Å². The molecule has 0 atom stereocenters. The van der Waals surface area contributed by atoms with Crippen molar-refractivity contribution in [2.24, 2.45) is 0 Å². The van der Waals surface area contributed by atoms with Crippen molar-refractivity contribution < 1.29 is 14.3 Å². The van der Waals surface area contributed by atoms with Crippen LogP contribution in [-0.4, -0.2) is 42.3 Å². The molecule has 0 unspecified atom stereocenters. The number of amides is 1. The van der Waals surface area contributed by atoms with E-state index in [1.54, 1.807) is 0 Å². The fraction of sp³-hybridized carbons (Fsp3) is 0.391. The van der Waals surface area contributed by atoms with Crippen molar-refractivity contribution in [2.45, 2.75) is 33.2 Å². The maximum atomic E-state index is 11.5. The molecule has 1 heterocycles. The zero-order valence-corrected chi connectivity index (χ0v) is 17.4. The van der Waals surface area contributed by atoms with Gasteiger partial charge in [0, 0.05) is 20.1 Å². The molecule has 1 aromatic heterocycles. The van der Waals surface area contributed by atoms with Crippen LogP contribution >= 0.6 is 0 Å². The molecule has 2 aromatic carbocycles. The van der Waals surface area contributed by atoms with Crippen LogP contribution < -0.4 is 10.1 Å². The number of carbonyl (C=O) groups is 1. The Morgan fingerprint density at radius 3 is 2.79 bits per heavy atom. The standard InChI is InChI=1S/C23H29N3O3/c1-17-8-6-11-21(18(17)2)29-15-14-26-20-10-5-4-9-19(20)25-22(26)12-7-13-24-23(27)16-28-3/h4-6,8-11H,7,12-16H2,1-3H3,(H,24,27). The molecule has 6 heteroatoms. The zero-order chi connectivity index (χ0) is 20.6. The van der Waals surface area contributed by atoms with Gasteiger partial charge in [-0.25, -0.2) is 4.98 Å². The van der Waals surface area contributed by atoms with Crippen molar-refractivity contribution in [2.75, 3.05) is 26.9 Å². The summed E-state index contributed by atoms with van der Waals surface area (Å²) in [6.45, 7) is 6.16. The van der Waals surface area contributed by atoms with E-state index in [0.717, 1.165) is 42.0 Å². The molecule has 1 amide bonds. The van der Waals surface area contributed by atoms with Crippen LogP contribution in [0.4, 0.5) is 0 Å². The fourth-order valence-electron chi connectivity index (χ4n) is 3.35. The van der Waals surface area contributed by atoms with E-state index in [9.17, 15) is 4.79 Å². The number of nitrogens with one attached hydrogen (secondary N) is 1. The third kappa shape index (κ3) is 5.35. The van der Waals surface area contributed by atoms with Gasteiger partial charge in [-0.3, -0.25) is 4.79 Å². The van der Waals surface area contributed by atoms with Crippen LogP contribution in [0.2, 0.25) is 0 Å². The van der Waals surface area contributed by atoms with Gasteiger partial charge in [-0.2, -0.15) is 0 Å². The van der Waals surface area contributed by atoms with E-state index in [1.165, 1.54) is 18.2 Å². The number of benzene rings is 2. The van der Waals surface area contributed by atoms with E-state index in [4.69, 9.17) is 14.5 Å². The van der Waals surface area contributed by atoms with E-state index >= 15 is 0 Å². The molecule has 1 N–H and O–H groups in total. The first-order chi connectivity index (χ1) is 14.1. The third-order valence-electron chi connectivity index (χ3n) is 5.04. The number of ether oxygens (including phenoxy) is 2. The van der Waals surface area contributed by atoms with E-state index in [1.807, 2.05) is 30.3 Å². The number of hydrogen-bond donors (Lipinski definition) is 1. The molecule has 0 saturated carbocycles. The van der Waals surface area contributed by atoms with E-state index in [0.29, 0.717) is 13.2 Å². The summed E-state index contributed by atoms with van der Waals surface area (Å²) in [6.07, 6.45) is 1.60. The number of nitrogens with zero attached hydrogens (tertiary/aromatic N) is 2. The minimum absolute atomic E-state index is 0.0915. The van der Waals surface area contributed by atoms with Crippen LogP contribution in [0.1, 0.15) is 23.4 Å². The van der Waals surface area contributed by atoms with Crippen LogP contribution in [0.25, 0.3) is 11.0 Å². The smallest absolute Gasteiger partial charge is 0.245 e. The molecule has 0 aliphatic carbocycles. The highest BCUT2D eigenvalue weighted by molar-refractivity contribution is 5.77. The number of hydrogen-bond acceptors (Lipinski definition) is 4. The lowest BCUT2D eigenvalue weighted by Crippen LogP contribution is -2.28. The Morgan fingerprint density at radius 1 is 1.14 bits per heavy atom. The van der Waals surface area contributed by atoms with Gasteiger partial charge < -0.3 is 19.4 Å². The Hall–Kier alpha value is -2.86. The van der Waals surface area contributed by atoms with Crippen LogP contribution in [0.5, 0.6) is 5.75 Å². The molecule has 0 aliphatic rings. The minimum atomic E-state index is -0.0945. The SMILES string of the molecule is COCC(=O)NCCCc1nc2ccccc2n1CCOc1cccc(C)c1C. The highest BCUT2D eigenvalue weighted by Gasteiger charge is 2.11. The summed E-state index contributed by atoms with van der Waals surface area (Å²) >= 11 is 0. The van der Waals surface area contributed by atoms with Crippen molar-refractivity contribution in [1.29, 1.82) is 0 Å². The maximum Gasteiger partial charge on any atom is 0.245 e. The summed E-state index contributed by atoms with van der Waals surface area (Å²) in [5.41, 5.74) is 4.50. The molecular weight excluding hydrogens is 366 g/mol. The van der Waals surface area contributed by atoms with Gasteiger partial charge in [0.1, 0.15) is 24.8 Å². The van der Waals surface area contributed by atoms with Crippen LogP contribution in [0, 0.1) is 13.8 Å². The van der Waals surface area contributed by atoms with Crippen LogP contribution in [-0.2, 0) is 22.5 Å². The zero-order valence-electron chi connectivity index (χ0n) is 17.4. The van der Waals surface area contributed by atoms with Gasteiger partial charge in [-0.1, -0.05) is 24.3 Å². The monoisotopic (exact) mass is 395 g/mol. The summed E-state index contributed by atoms with van der Waals surface area (Å²) in [5, 5.41) is 2.86. The predicted octanol–water partition coefficient (Wildman–Crippen LogP) is 3.43. The Balaban J connectivity index is 1.65. The van der Waals surface area contributed by atoms with Crippen molar-refractivity contribution in [3.63, 3.8) is 0 Å². The van der Waals surface area contributed by atoms with Gasteiger partial charge in [-0.15, -0.1) is 0 Å². The number of aromatic nitrogens is 2. The number of methoxy groups -OCH3 is 1. The highest BCUT2D eigenvalue weighted by Crippen LogP contribution is 2.21. The average molecular weight is 396 g/mol. The van der Waals surface area contributed by atoms with Crippen LogP contribution in [0.3, 0.4) is 0 Å². The summed E-state index contributed by atoms with van der Waals surface area (Å²) in [6, 6.07) is 14.3. The molecule has 29 heavy (non-hydrogen) atoms. The summed E-state index contributed by atoms with van der Waals surface area (Å²) < 4.78 is 13.1. The number of para-hydroxylation sites is 2. The Labute approximate surface area is 171 Å². The Kier molecular flexibility index (Phi) is 7.25. The maximum absolute atomic E-state index is 11.5. The fourth-order valence-corrected chi connectivity index (χ4v) is 3.35. The highest BCUT2D eigenvalue weighted by atomic mass is 16.5. The number of fused-ring (bicyclic) bond motifs is 1. The number of imidazole rings is 1. The van der Waals surface area contributed by atoms with Gasteiger partial charge in [0.05, 0.1) is 17.6 Å². The first kappa shape index (κ1) is 20.9. The molecule has 3 aromatic rings. The van der Waals surface area contributed by atoms with E-state index in [2.05, 4.69) is 35.9 Å². The van der Waals surface area contributed by atoms with Crippen molar-refractivity contribution in [3.05, 3.63) is 59.4 Å². The molecule has 6 nitrogen and oxygen atoms in total. The summed E-state index contributed by atoms with van der Waals surface area (Å²) in [7, 11) is 1.52. The van der Waals surface area contributed by atoms with Crippen molar-refractivity contribution in [1.82, 2.24) is 14.9 Å². The van der Waals surface area contributed by atoms with E-state index < -0.39 is 0 Å². The predicted molar refractivity (Wildman–Crippen MR) is 114 cm³/mol. The second-order valence-corrected chi connectivity index (χ2v) is 7.10. The molecule has 154 valence electrons. The number of aryl methyl sites for hydroxylation is 2. The van der Waals surface area contributed by atoms with Gasteiger partial charge in [0.25, 0.3) is 0 Å². The normalized spacial score (nSPS) is 11.0. The molecule has 3 rings (SSSR count). The van der Waals surface area contributed by atoms with Crippen molar-refractivity contribution >= 4 is 16.9 Å². The molecule has 0 radical (unpaired) electrons. The molecule has 0 saturated heterocycles. The van der Waals surface area contributed by atoms with Crippen molar-refractivity contribution in [3.8, 4) is 5.75 Å². The van der Waals surface area contributed by atoms with Gasteiger partial charge in [-0.05, 0) is 49.6 Å². The van der Waals surface area contributed by atoms with E-state index in [-0.39, 0.29) is 12.5 Å². The lowest BCUT2D eigenvalue weighted by Gasteiger charge is -2.13. The molecular formula is C23H29N3O3. The van der Waals surface area contributed by atoms with Gasteiger partial charge in [0.15, 0.2) is 0 Å². The number of carbonyl (C=O) groups excluding carboxylic acids is 1.